The lowest BCUT2D eigenvalue weighted by molar-refractivity contribution is -0.170. The number of imidazole rings is 1. The summed E-state index contributed by atoms with van der Waals surface area (Å²) in [5.74, 6) is 0.745. The van der Waals surface area contributed by atoms with Gasteiger partial charge in [-0.05, 0) is 68.4 Å². The number of aliphatic hydroxyl groups excluding tert-OH is 2. The molecular formula is C22H31N3O2. The lowest BCUT2D eigenvalue weighted by Crippen LogP contribution is -2.60. The van der Waals surface area contributed by atoms with E-state index in [1.807, 2.05) is 12.5 Å². The van der Waals surface area contributed by atoms with E-state index in [1.54, 1.807) is 0 Å². The van der Waals surface area contributed by atoms with Crippen LogP contribution in [0.15, 0.2) is 30.2 Å². The quantitative estimate of drug-likeness (QED) is 0.857. The Kier molecular flexibility index (Phi) is 4.12. The molecule has 5 nitrogen and oxygen atoms in total. The second-order valence-corrected chi connectivity index (χ2v) is 9.17. The van der Waals surface area contributed by atoms with Crippen molar-refractivity contribution in [3.05, 3.63) is 35.9 Å². The van der Waals surface area contributed by atoms with Crippen LogP contribution in [-0.4, -0.2) is 50.1 Å². The third-order valence-electron chi connectivity index (χ3n) is 7.74. The van der Waals surface area contributed by atoms with Gasteiger partial charge in [-0.15, -0.1) is 0 Å². The second kappa shape index (κ2) is 6.29. The fraction of sp³-hybridized carbons (Fsp3) is 0.682. The average Bonchev–Trinajstić information content (AvgIpc) is 3.37. The van der Waals surface area contributed by atoms with Gasteiger partial charge in [0.05, 0.1) is 30.4 Å². The Morgan fingerprint density at radius 2 is 2.04 bits per heavy atom. The second-order valence-electron chi connectivity index (χ2n) is 9.17. The van der Waals surface area contributed by atoms with E-state index < -0.39 is 0 Å². The molecule has 146 valence electrons. The molecule has 1 saturated heterocycles. The molecule has 3 heterocycles. The van der Waals surface area contributed by atoms with Crippen molar-refractivity contribution < 1.29 is 10.2 Å². The van der Waals surface area contributed by atoms with Gasteiger partial charge in [-0.3, -0.25) is 4.90 Å². The van der Waals surface area contributed by atoms with Gasteiger partial charge < -0.3 is 14.8 Å². The number of hydrogen-bond donors (Lipinski definition) is 2. The maximum atomic E-state index is 11.3. The van der Waals surface area contributed by atoms with Crippen molar-refractivity contribution in [3.63, 3.8) is 0 Å². The molecule has 2 saturated carbocycles. The molecule has 0 amide bonds. The summed E-state index contributed by atoms with van der Waals surface area (Å²) >= 11 is 0. The molecule has 0 aromatic carbocycles. The van der Waals surface area contributed by atoms with Gasteiger partial charge in [-0.25, -0.2) is 4.98 Å². The number of piperidine rings is 1. The molecule has 27 heavy (non-hydrogen) atoms. The summed E-state index contributed by atoms with van der Waals surface area (Å²) in [4.78, 5) is 6.59. The number of nitrogens with zero attached hydrogens (tertiary/aromatic N) is 3. The zero-order chi connectivity index (χ0) is 18.8. The zero-order valence-corrected chi connectivity index (χ0v) is 16.4. The molecule has 2 N–H and O–H groups in total. The van der Waals surface area contributed by atoms with Gasteiger partial charge in [0.15, 0.2) is 0 Å². The van der Waals surface area contributed by atoms with Crippen molar-refractivity contribution in [3.8, 4) is 0 Å². The van der Waals surface area contributed by atoms with E-state index in [2.05, 4.69) is 40.5 Å². The van der Waals surface area contributed by atoms with E-state index in [4.69, 9.17) is 0 Å². The van der Waals surface area contributed by atoms with Crippen LogP contribution in [-0.2, 0) is 0 Å². The largest absolute Gasteiger partial charge is 0.392 e. The summed E-state index contributed by atoms with van der Waals surface area (Å²) in [5.41, 5.74) is 3.84. The number of hydrogen-bond acceptors (Lipinski definition) is 4. The van der Waals surface area contributed by atoms with Crippen LogP contribution in [0.5, 0.6) is 0 Å². The van der Waals surface area contributed by atoms with Gasteiger partial charge >= 0.3 is 0 Å². The summed E-state index contributed by atoms with van der Waals surface area (Å²) < 4.78 is 2.26. The van der Waals surface area contributed by atoms with Crippen LogP contribution in [0, 0.1) is 17.3 Å². The lowest BCUT2D eigenvalue weighted by Gasteiger charge is -2.58. The Hall–Kier alpha value is -1.43. The fourth-order valence-electron chi connectivity index (χ4n) is 5.88. The van der Waals surface area contributed by atoms with Crippen molar-refractivity contribution in [2.75, 3.05) is 13.1 Å². The normalized spacial score (nSPS) is 34.3. The van der Waals surface area contributed by atoms with Crippen molar-refractivity contribution in [1.82, 2.24) is 14.5 Å². The zero-order valence-electron chi connectivity index (χ0n) is 16.4. The molecule has 0 radical (unpaired) electrons. The maximum absolute atomic E-state index is 11.3. The molecule has 4 aliphatic rings. The Balaban J connectivity index is 1.32. The highest BCUT2D eigenvalue weighted by atomic mass is 16.3. The standard InChI is InChI=1S/C22H31N3O2/c1-3-4-16-14(2)18-12-23-13-25(18)19(16)17-11-22(20(17)26)7-9-24(10-8-22)21(27)15-5-6-15/h3-4,12-13,15,17,19-21,26-27H,5-11H2,1-2H3/b4-3-. The van der Waals surface area contributed by atoms with Crippen LogP contribution in [0.1, 0.15) is 57.7 Å². The smallest absolute Gasteiger partial charge is 0.110 e. The minimum absolute atomic E-state index is 0.0444. The molecular weight excluding hydrogens is 338 g/mol. The first kappa shape index (κ1) is 17.7. The highest BCUT2D eigenvalue weighted by Gasteiger charge is 2.58. The third-order valence-corrected chi connectivity index (χ3v) is 7.74. The number of allylic oxidation sites excluding steroid dienone is 4. The molecule has 4 unspecified atom stereocenters. The number of likely N-dealkylation sites (tertiary alicyclic amines) is 1. The molecule has 1 aromatic heterocycles. The van der Waals surface area contributed by atoms with E-state index in [1.165, 1.54) is 29.7 Å². The van der Waals surface area contributed by atoms with Gasteiger partial charge in [0.1, 0.15) is 6.23 Å². The number of fused-ring (bicyclic) bond motifs is 1. The molecule has 1 spiro atoms. The first-order valence-corrected chi connectivity index (χ1v) is 10.5. The Morgan fingerprint density at radius 3 is 2.67 bits per heavy atom. The molecule has 2 aliphatic heterocycles. The first-order valence-electron chi connectivity index (χ1n) is 10.5. The predicted molar refractivity (Wildman–Crippen MR) is 105 cm³/mol. The summed E-state index contributed by atoms with van der Waals surface area (Å²) in [5, 5.41) is 21.7. The fourth-order valence-corrected chi connectivity index (χ4v) is 5.88. The Bertz CT molecular complexity index is 783. The van der Waals surface area contributed by atoms with Gasteiger partial charge in [-0.1, -0.05) is 12.2 Å². The highest BCUT2D eigenvalue weighted by Crippen LogP contribution is 2.59. The van der Waals surface area contributed by atoms with Crippen LogP contribution in [0.25, 0.3) is 5.57 Å². The monoisotopic (exact) mass is 369 g/mol. The van der Waals surface area contributed by atoms with Crippen LogP contribution >= 0.6 is 0 Å². The SMILES string of the molecule is C/C=C\C1=C(C)c2cncn2C1C1CC2(CCN(C(O)C3CC3)CC2)C1O. The van der Waals surface area contributed by atoms with Crippen molar-refractivity contribution in [2.45, 2.75) is 64.3 Å². The predicted octanol–water partition coefficient (Wildman–Crippen LogP) is 2.98. The van der Waals surface area contributed by atoms with E-state index in [-0.39, 0.29) is 29.7 Å². The minimum atomic E-state index is -0.274. The van der Waals surface area contributed by atoms with E-state index in [0.29, 0.717) is 5.92 Å². The number of aliphatic hydroxyl groups is 2. The number of rotatable bonds is 4. The van der Waals surface area contributed by atoms with Gasteiger partial charge in [0.2, 0.25) is 0 Å². The number of aromatic nitrogens is 2. The van der Waals surface area contributed by atoms with Crippen LogP contribution < -0.4 is 0 Å². The van der Waals surface area contributed by atoms with Gasteiger partial charge in [0, 0.05) is 19.0 Å². The van der Waals surface area contributed by atoms with Gasteiger partial charge in [-0.2, -0.15) is 0 Å². The van der Waals surface area contributed by atoms with E-state index in [9.17, 15) is 10.2 Å². The van der Waals surface area contributed by atoms with Crippen molar-refractivity contribution >= 4 is 5.57 Å². The minimum Gasteiger partial charge on any atom is -0.392 e. The van der Waals surface area contributed by atoms with Crippen molar-refractivity contribution in [1.29, 1.82) is 0 Å². The molecule has 0 bridgehead atoms. The van der Waals surface area contributed by atoms with Crippen LogP contribution in [0.4, 0.5) is 0 Å². The maximum Gasteiger partial charge on any atom is 0.110 e. The molecule has 2 aliphatic carbocycles. The topological polar surface area (TPSA) is 61.5 Å². The van der Waals surface area contributed by atoms with E-state index >= 15 is 0 Å². The highest BCUT2D eigenvalue weighted by molar-refractivity contribution is 5.71. The summed E-state index contributed by atoms with van der Waals surface area (Å²) in [6.45, 7) is 6.06. The summed E-state index contributed by atoms with van der Waals surface area (Å²) in [6, 6.07) is 0.203. The van der Waals surface area contributed by atoms with Crippen LogP contribution in [0.2, 0.25) is 0 Å². The van der Waals surface area contributed by atoms with E-state index in [0.717, 1.165) is 32.4 Å². The lowest BCUT2D eigenvalue weighted by atomic mass is 9.53. The Labute approximate surface area is 161 Å². The average molecular weight is 370 g/mol. The molecule has 1 aromatic rings. The molecule has 5 heteroatoms. The summed E-state index contributed by atoms with van der Waals surface area (Å²) in [6.07, 6.45) is 13.0. The molecule has 5 rings (SSSR count). The first-order chi connectivity index (χ1) is 13.1. The summed E-state index contributed by atoms with van der Waals surface area (Å²) in [7, 11) is 0. The van der Waals surface area contributed by atoms with Gasteiger partial charge in [0.25, 0.3) is 0 Å². The van der Waals surface area contributed by atoms with Crippen molar-refractivity contribution in [2.24, 2.45) is 17.3 Å². The Morgan fingerprint density at radius 1 is 1.30 bits per heavy atom. The molecule has 4 atom stereocenters. The van der Waals surface area contributed by atoms with Crippen LogP contribution in [0.3, 0.4) is 0 Å². The molecule has 3 fully saturated rings. The third kappa shape index (κ3) is 2.59.